The molecule has 0 heterocycles. The lowest BCUT2D eigenvalue weighted by molar-refractivity contribution is -0.148. The quantitative estimate of drug-likeness (QED) is 0.127. The normalized spacial score (nSPS) is 12.8. The van der Waals surface area contributed by atoms with Crippen LogP contribution in [-0.4, -0.2) is 53.6 Å². The fourth-order valence-electron chi connectivity index (χ4n) is 3.29. The van der Waals surface area contributed by atoms with Crippen molar-refractivity contribution in [3.8, 4) is 5.75 Å². The molecule has 7 N–H and O–H groups in total. The van der Waals surface area contributed by atoms with Gasteiger partial charge in [-0.25, -0.2) is 4.79 Å². The number of rotatable bonds is 14. The molecule has 36 heavy (non-hydrogen) atoms. The van der Waals surface area contributed by atoms with E-state index in [-0.39, 0.29) is 60.8 Å². The Balaban J connectivity index is 2.95. The van der Waals surface area contributed by atoms with Crippen LogP contribution >= 0.6 is 0 Å². The first-order chi connectivity index (χ1) is 16.8. The maximum absolute atomic E-state index is 13.1. The molecule has 0 aromatic heterocycles. The number of hydrogen-bond donors (Lipinski definition) is 6. The zero-order chi connectivity index (χ0) is 27.4. The molecule has 1 aromatic rings. The van der Waals surface area contributed by atoms with Gasteiger partial charge >= 0.3 is 12.0 Å². The highest BCUT2D eigenvalue weighted by atomic mass is 16.5. The summed E-state index contributed by atoms with van der Waals surface area (Å²) in [6.07, 6.45) is 0.617. The SMILES string of the molecule is CC(C)NC(C(=O)NC(CCCNC(N)=O)C(=O)Nc1ccc(COC(=O)C(C)C)cc1O)C(C)C. The molecular formula is C25H41N5O6. The van der Waals surface area contributed by atoms with Gasteiger partial charge in [-0.1, -0.05) is 47.6 Å². The van der Waals surface area contributed by atoms with Crippen LogP contribution in [0.1, 0.15) is 59.9 Å². The minimum absolute atomic E-state index is 0.0101. The molecule has 0 aliphatic carbocycles. The standard InChI is InChI=1S/C25H41N5O6/c1-14(2)21(28-16(5)6)23(33)30-19(8-7-11-27-25(26)35)22(32)29-18-10-9-17(12-20(18)31)13-36-24(34)15(3)4/h9-10,12,14-16,19,21,28,31H,7-8,11,13H2,1-6H3,(H,29,32)(H,30,33)(H3,26,27,35). The summed E-state index contributed by atoms with van der Waals surface area (Å²) < 4.78 is 5.16. The summed E-state index contributed by atoms with van der Waals surface area (Å²) in [4.78, 5) is 48.7. The Labute approximate surface area is 212 Å². The Morgan fingerprint density at radius 1 is 1.03 bits per heavy atom. The molecule has 4 amide bonds. The second kappa shape index (κ2) is 14.9. The summed E-state index contributed by atoms with van der Waals surface area (Å²) in [5.41, 5.74) is 5.79. The lowest BCUT2D eigenvalue weighted by Gasteiger charge is -2.27. The number of esters is 1. The molecule has 0 fully saturated rings. The van der Waals surface area contributed by atoms with Gasteiger partial charge in [0.1, 0.15) is 18.4 Å². The van der Waals surface area contributed by atoms with Crippen molar-refractivity contribution in [3.63, 3.8) is 0 Å². The Morgan fingerprint density at radius 2 is 1.69 bits per heavy atom. The Bertz CT molecular complexity index is 903. The predicted octanol–water partition coefficient (Wildman–Crippen LogP) is 1.99. The van der Waals surface area contributed by atoms with E-state index in [0.717, 1.165) is 0 Å². The second-order valence-corrected chi connectivity index (χ2v) is 9.64. The van der Waals surface area contributed by atoms with Crippen LogP contribution in [0.2, 0.25) is 0 Å². The van der Waals surface area contributed by atoms with Crippen LogP contribution in [-0.2, 0) is 25.7 Å². The molecule has 0 aliphatic heterocycles. The van der Waals surface area contributed by atoms with Gasteiger partial charge in [-0.2, -0.15) is 0 Å². The fourth-order valence-corrected chi connectivity index (χ4v) is 3.29. The van der Waals surface area contributed by atoms with Gasteiger partial charge < -0.3 is 36.8 Å². The number of urea groups is 1. The van der Waals surface area contributed by atoms with Gasteiger partial charge in [-0.3, -0.25) is 14.4 Å². The van der Waals surface area contributed by atoms with Crippen LogP contribution in [0.25, 0.3) is 0 Å². The molecule has 202 valence electrons. The number of phenols is 1. The van der Waals surface area contributed by atoms with E-state index in [9.17, 15) is 24.3 Å². The molecular weight excluding hydrogens is 466 g/mol. The number of nitrogens with one attached hydrogen (secondary N) is 4. The monoisotopic (exact) mass is 507 g/mol. The average molecular weight is 508 g/mol. The Kier molecular flexibility index (Phi) is 12.7. The van der Waals surface area contributed by atoms with Crippen molar-refractivity contribution >= 4 is 29.5 Å². The number of phenolic OH excluding ortho intramolecular Hbond substituents is 1. The predicted molar refractivity (Wildman–Crippen MR) is 137 cm³/mol. The molecule has 0 saturated carbocycles. The van der Waals surface area contributed by atoms with Crippen LogP contribution in [0, 0.1) is 11.8 Å². The number of benzene rings is 1. The highest BCUT2D eigenvalue weighted by molar-refractivity contribution is 5.98. The summed E-state index contributed by atoms with van der Waals surface area (Å²) in [5.74, 6) is -1.70. The number of anilines is 1. The summed E-state index contributed by atoms with van der Waals surface area (Å²) in [5, 5.41) is 21.5. The number of ether oxygens (including phenoxy) is 1. The molecule has 0 saturated heterocycles. The minimum Gasteiger partial charge on any atom is -0.506 e. The van der Waals surface area contributed by atoms with Crippen LogP contribution in [0.15, 0.2) is 18.2 Å². The number of carbonyl (C=O) groups is 4. The van der Waals surface area contributed by atoms with Crippen molar-refractivity contribution in [2.75, 3.05) is 11.9 Å². The molecule has 1 aromatic carbocycles. The number of carbonyl (C=O) groups excluding carboxylic acids is 4. The maximum atomic E-state index is 13.1. The largest absolute Gasteiger partial charge is 0.506 e. The van der Waals surface area contributed by atoms with Crippen LogP contribution in [0.3, 0.4) is 0 Å². The Hall–Kier alpha value is -3.34. The summed E-state index contributed by atoms with van der Waals surface area (Å²) in [7, 11) is 0. The number of primary amides is 1. The first-order valence-corrected chi connectivity index (χ1v) is 12.2. The third kappa shape index (κ3) is 10.9. The van der Waals surface area contributed by atoms with E-state index in [1.807, 2.05) is 27.7 Å². The lowest BCUT2D eigenvalue weighted by atomic mass is 10.0. The number of amides is 4. The molecule has 2 unspecified atom stereocenters. The third-order valence-corrected chi connectivity index (χ3v) is 5.24. The van der Waals surface area contributed by atoms with Crippen LogP contribution < -0.4 is 27.0 Å². The maximum Gasteiger partial charge on any atom is 0.312 e. The van der Waals surface area contributed by atoms with Gasteiger partial charge in [-0.05, 0) is 36.5 Å². The van der Waals surface area contributed by atoms with Crippen molar-refractivity contribution in [3.05, 3.63) is 23.8 Å². The van der Waals surface area contributed by atoms with Crippen LogP contribution in [0.5, 0.6) is 5.75 Å². The van der Waals surface area contributed by atoms with Gasteiger partial charge in [0.15, 0.2) is 0 Å². The van der Waals surface area contributed by atoms with Crippen LogP contribution in [0.4, 0.5) is 10.5 Å². The Morgan fingerprint density at radius 3 is 2.22 bits per heavy atom. The molecule has 0 aliphatic rings. The second-order valence-electron chi connectivity index (χ2n) is 9.64. The lowest BCUT2D eigenvalue weighted by Crippen LogP contribution is -2.54. The van der Waals surface area contributed by atoms with Gasteiger partial charge in [0, 0.05) is 12.6 Å². The highest BCUT2D eigenvalue weighted by Gasteiger charge is 2.28. The number of aromatic hydroxyl groups is 1. The van der Waals surface area contributed by atoms with E-state index in [4.69, 9.17) is 10.5 Å². The van der Waals surface area contributed by atoms with E-state index in [0.29, 0.717) is 12.0 Å². The van der Waals surface area contributed by atoms with Gasteiger partial charge in [-0.15, -0.1) is 0 Å². The van der Waals surface area contributed by atoms with E-state index < -0.39 is 24.0 Å². The molecule has 0 spiro atoms. The van der Waals surface area contributed by atoms with Crippen molar-refractivity contribution in [2.45, 2.75) is 79.1 Å². The zero-order valence-corrected chi connectivity index (χ0v) is 22.0. The topological polar surface area (TPSA) is 172 Å². The molecule has 11 nitrogen and oxygen atoms in total. The fraction of sp³-hybridized carbons (Fsp3) is 0.600. The van der Waals surface area contributed by atoms with Gasteiger partial charge in [0.25, 0.3) is 0 Å². The molecule has 1 rings (SSSR count). The number of hydrogen-bond acceptors (Lipinski definition) is 7. The van der Waals surface area contributed by atoms with E-state index >= 15 is 0 Å². The molecule has 2 atom stereocenters. The summed E-state index contributed by atoms with van der Waals surface area (Å²) in [6.45, 7) is 11.3. The highest BCUT2D eigenvalue weighted by Crippen LogP contribution is 2.25. The zero-order valence-electron chi connectivity index (χ0n) is 22.0. The molecule has 0 bridgehead atoms. The smallest absolute Gasteiger partial charge is 0.312 e. The summed E-state index contributed by atoms with van der Waals surface area (Å²) >= 11 is 0. The van der Waals surface area contributed by atoms with E-state index in [1.165, 1.54) is 12.1 Å². The van der Waals surface area contributed by atoms with Crippen molar-refractivity contribution < 1.29 is 29.0 Å². The van der Waals surface area contributed by atoms with Gasteiger partial charge in [0.05, 0.1) is 17.6 Å². The first-order valence-electron chi connectivity index (χ1n) is 12.2. The summed E-state index contributed by atoms with van der Waals surface area (Å²) in [6, 6.07) is 2.47. The van der Waals surface area contributed by atoms with Crippen molar-refractivity contribution in [1.29, 1.82) is 0 Å². The molecule has 0 radical (unpaired) electrons. The first kappa shape index (κ1) is 30.7. The van der Waals surface area contributed by atoms with E-state index in [2.05, 4.69) is 21.3 Å². The minimum atomic E-state index is -0.923. The van der Waals surface area contributed by atoms with E-state index in [1.54, 1.807) is 19.9 Å². The van der Waals surface area contributed by atoms with Crippen molar-refractivity contribution in [2.24, 2.45) is 17.6 Å². The van der Waals surface area contributed by atoms with Crippen molar-refractivity contribution in [1.82, 2.24) is 16.0 Å². The number of nitrogens with two attached hydrogens (primary N) is 1. The average Bonchev–Trinajstić information content (AvgIpc) is 2.78. The third-order valence-electron chi connectivity index (χ3n) is 5.24. The van der Waals surface area contributed by atoms with Gasteiger partial charge in [0.2, 0.25) is 11.8 Å². The molecule has 11 heteroatoms.